The van der Waals surface area contributed by atoms with Crippen molar-refractivity contribution in [3.05, 3.63) is 36.0 Å². The lowest BCUT2D eigenvalue weighted by molar-refractivity contribution is -0.118. The summed E-state index contributed by atoms with van der Waals surface area (Å²) >= 11 is 0. The summed E-state index contributed by atoms with van der Waals surface area (Å²) < 4.78 is 5.64. The number of carbonyl (C=O) groups is 1. The number of aromatic nitrogens is 2. The fraction of sp³-hybridized carbons (Fsp3) is 0.389. The van der Waals surface area contributed by atoms with Crippen LogP contribution in [0.1, 0.15) is 12.6 Å². The van der Waals surface area contributed by atoms with Gasteiger partial charge in [-0.05, 0) is 26.0 Å². The Morgan fingerprint density at radius 1 is 1.20 bits per heavy atom. The highest BCUT2D eigenvalue weighted by Crippen LogP contribution is 2.27. The monoisotopic (exact) mass is 341 g/mol. The smallest absolute Gasteiger partial charge is 0.229 e. The van der Waals surface area contributed by atoms with Crippen LogP contribution in [-0.2, 0) is 4.79 Å². The number of rotatable bonds is 6. The van der Waals surface area contributed by atoms with Crippen LogP contribution in [0.15, 0.2) is 30.3 Å². The van der Waals surface area contributed by atoms with Crippen LogP contribution in [0.25, 0.3) is 0 Å². The number of hydrogen-bond donors (Lipinski definition) is 1. The molecule has 1 amide bonds. The Hall–Kier alpha value is -2.83. The van der Waals surface area contributed by atoms with E-state index in [1.54, 1.807) is 4.90 Å². The number of nitrogens with zero attached hydrogens (tertiary/aromatic N) is 4. The minimum absolute atomic E-state index is 0.542. The molecule has 0 aliphatic carbocycles. The maximum Gasteiger partial charge on any atom is 0.229 e. The number of carbonyl (C=O) groups excluding carboxylic acids is 1. The van der Waals surface area contributed by atoms with Gasteiger partial charge in [-0.25, -0.2) is 4.98 Å². The quantitative estimate of drug-likeness (QED) is 0.812. The lowest BCUT2D eigenvalue weighted by atomic mass is 10.3. The topological polar surface area (TPSA) is 70.6 Å². The van der Waals surface area contributed by atoms with E-state index >= 15 is 0 Å². The molecule has 7 heteroatoms. The van der Waals surface area contributed by atoms with E-state index in [-0.39, 0.29) is 0 Å². The van der Waals surface area contributed by atoms with E-state index in [1.165, 1.54) is 0 Å². The van der Waals surface area contributed by atoms with Crippen molar-refractivity contribution in [2.24, 2.45) is 0 Å². The Bertz CT molecular complexity index is 729. The molecule has 0 radical (unpaired) electrons. The van der Waals surface area contributed by atoms with E-state index in [2.05, 4.69) is 20.2 Å². The molecule has 1 saturated heterocycles. The number of amides is 1. The van der Waals surface area contributed by atoms with Crippen molar-refractivity contribution in [1.82, 2.24) is 14.9 Å². The van der Waals surface area contributed by atoms with Gasteiger partial charge in [0.15, 0.2) is 0 Å². The molecule has 1 aliphatic heterocycles. The van der Waals surface area contributed by atoms with Gasteiger partial charge in [0.05, 0.1) is 12.3 Å². The van der Waals surface area contributed by atoms with E-state index in [1.807, 2.05) is 44.2 Å². The van der Waals surface area contributed by atoms with Gasteiger partial charge in [0.25, 0.3) is 0 Å². The van der Waals surface area contributed by atoms with Crippen LogP contribution in [0, 0.1) is 6.92 Å². The largest absolute Gasteiger partial charge is 0.492 e. The normalized spacial score (nSPS) is 14.3. The standard InChI is InChI=1S/C18H23N5O2/c1-3-25-16-7-5-4-6-15(16)20-18-19-14(2)12-17(21-18)23-10-8-22(13-24)9-11-23/h4-7,12-13H,3,8-11H2,1-2H3,(H,19,20,21). The van der Waals surface area contributed by atoms with Crippen LogP contribution in [0.5, 0.6) is 5.75 Å². The highest BCUT2D eigenvalue weighted by atomic mass is 16.5. The molecule has 7 nitrogen and oxygen atoms in total. The third-order valence-corrected chi connectivity index (χ3v) is 4.06. The number of ether oxygens (including phenoxy) is 1. The van der Waals surface area contributed by atoms with Crippen molar-refractivity contribution < 1.29 is 9.53 Å². The molecular formula is C18H23N5O2. The zero-order valence-electron chi connectivity index (χ0n) is 14.6. The van der Waals surface area contributed by atoms with Crippen LogP contribution < -0.4 is 15.0 Å². The lowest BCUT2D eigenvalue weighted by Gasteiger charge is -2.33. The maximum absolute atomic E-state index is 10.9. The fourth-order valence-corrected chi connectivity index (χ4v) is 2.80. The van der Waals surface area contributed by atoms with Gasteiger partial charge in [-0.15, -0.1) is 0 Å². The average Bonchev–Trinajstić information content (AvgIpc) is 2.63. The molecule has 1 aromatic heterocycles. The van der Waals surface area contributed by atoms with Crippen molar-refractivity contribution in [2.45, 2.75) is 13.8 Å². The molecule has 0 bridgehead atoms. The molecule has 1 fully saturated rings. The first-order valence-electron chi connectivity index (χ1n) is 8.48. The summed E-state index contributed by atoms with van der Waals surface area (Å²) in [6, 6.07) is 9.71. The predicted molar refractivity (Wildman–Crippen MR) is 97.5 cm³/mol. The van der Waals surface area contributed by atoms with E-state index in [0.29, 0.717) is 25.6 Å². The zero-order valence-corrected chi connectivity index (χ0v) is 14.6. The van der Waals surface area contributed by atoms with E-state index in [0.717, 1.165) is 42.4 Å². The van der Waals surface area contributed by atoms with Gasteiger partial charge in [0.1, 0.15) is 11.6 Å². The molecule has 0 spiro atoms. The number of para-hydroxylation sites is 2. The summed E-state index contributed by atoms with van der Waals surface area (Å²) in [6.45, 7) is 7.46. The highest BCUT2D eigenvalue weighted by molar-refractivity contribution is 5.63. The first-order valence-corrected chi connectivity index (χ1v) is 8.48. The van der Waals surface area contributed by atoms with E-state index < -0.39 is 0 Å². The fourth-order valence-electron chi connectivity index (χ4n) is 2.80. The number of piperazine rings is 1. The van der Waals surface area contributed by atoms with Gasteiger partial charge < -0.3 is 19.9 Å². The molecule has 25 heavy (non-hydrogen) atoms. The molecule has 132 valence electrons. The van der Waals surface area contributed by atoms with Gasteiger partial charge in [0.2, 0.25) is 12.4 Å². The molecule has 2 aromatic rings. The Morgan fingerprint density at radius 3 is 2.68 bits per heavy atom. The van der Waals surface area contributed by atoms with Crippen molar-refractivity contribution in [3.8, 4) is 5.75 Å². The molecule has 1 aromatic carbocycles. The SMILES string of the molecule is CCOc1ccccc1Nc1nc(C)cc(N2CCN(C=O)CC2)n1. The van der Waals surface area contributed by atoms with Crippen molar-refractivity contribution in [3.63, 3.8) is 0 Å². The maximum atomic E-state index is 10.9. The molecule has 3 rings (SSSR count). The first kappa shape index (κ1) is 17.0. The van der Waals surface area contributed by atoms with Gasteiger partial charge in [-0.2, -0.15) is 4.98 Å². The molecular weight excluding hydrogens is 318 g/mol. The Kier molecular flexibility index (Phi) is 5.33. The Morgan fingerprint density at radius 2 is 1.96 bits per heavy atom. The van der Waals surface area contributed by atoms with E-state index in [9.17, 15) is 4.79 Å². The van der Waals surface area contributed by atoms with Crippen LogP contribution >= 0.6 is 0 Å². The molecule has 0 saturated carbocycles. The summed E-state index contributed by atoms with van der Waals surface area (Å²) in [5.41, 5.74) is 1.73. The summed E-state index contributed by atoms with van der Waals surface area (Å²) in [7, 11) is 0. The highest BCUT2D eigenvalue weighted by Gasteiger charge is 2.18. The van der Waals surface area contributed by atoms with Crippen molar-refractivity contribution >= 4 is 23.9 Å². The van der Waals surface area contributed by atoms with Crippen molar-refractivity contribution in [2.75, 3.05) is 43.0 Å². The number of aryl methyl sites for hydroxylation is 1. The lowest BCUT2D eigenvalue weighted by Crippen LogP contribution is -2.46. The minimum atomic E-state index is 0.542. The number of hydrogen-bond acceptors (Lipinski definition) is 6. The van der Waals surface area contributed by atoms with Crippen LogP contribution in [0.2, 0.25) is 0 Å². The molecule has 0 atom stereocenters. The summed E-state index contributed by atoms with van der Waals surface area (Å²) in [5, 5.41) is 3.26. The van der Waals surface area contributed by atoms with Crippen LogP contribution in [-0.4, -0.2) is 54.1 Å². The first-order chi connectivity index (χ1) is 12.2. The second kappa shape index (κ2) is 7.83. The van der Waals surface area contributed by atoms with Gasteiger partial charge in [-0.1, -0.05) is 12.1 Å². The molecule has 2 heterocycles. The Balaban J connectivity index is 1.79. The number of benzene rings is 1. The second-order valence-corrected chi connectivity index (χ2v) is 5.87. The zero-order chi connectivity index (χ0) is 17.6. The summed E-state index contributed by atoms with van der Waals surface area (Å²) in [6.07, 6.45) is 0.903. The van der Waals surface area contributed by atoms with E-state index in [4.69, 9.17) is 4.74 Å². The summed E-state index contributed by atoms with van der Waals surface area (Å²) in [5.74, 6) is 2.19. The van der Waals surface area contributed by atoms with Gasteiger partial charge in [-0.3, -0.25) is 4.79 Å². The van der Waals surface area contributed by atoms with Crippen molar-refractivity contribution in [1.29, 1.82) is 0 Å². The van der Waals surface area contributed by atoms with Gasteiger partial charge >= 0.3 is 0 Å². The summed E-state index contributed by atoms with van der Waals surface area (Å²) in [4.78, 5) is 23.9. The third-order valence-electron chi connectivity index (χ3n) is 4.06. The number of anilines is 3. The molecule has 1 aliphatic rings. The molecule has 0 unspecified atom stereocenters. The number of nitrogens with one attached hydrogen (secondary N) is 1. The molecule has 1 N–H and O–H groups in total. The van der Waals surface area contributed by atoms with Crippen LogP contribution in [0.4, 0.5) is 17.5 Å². The predicted octanol–water partition coefficient (Wildman–Crippen LogP) is 2.21. The Labute approximate surface area is 147 Å². The second-order valence-electron chi connectivity index (χ2n) is 5.87. The van der Waals surface area contributed by atoms with Crippen LogP contribution in [0.3, 0.4) is 0 Å². The van der Waals surface area contributed by atoms with Gasteiger partial charge in [0, 0.05) is 37.9 Å². The minimum Gasteiger partial charge on any atom is -0.492 e. The average molecular weight is 341 g/mol. The third kappa shape index (κ3) is 4.17.